The molecule has 9 heterocycles. The van der Waals surface area contributed by atoms with Gasteiger partial charge in [0, 0.05) is 125 Å². The van der Waals surface area contributed by atoms with Crippen molar-refractivity contribution in [2.75, 3.05) is 26.2 Å². The second kappa shape index (κ2) is 31.8. The van der Waals surface area contributed by atoms with E-state index in [1.165, 1.54) is 16.8 Å². The number of fused-ring (bicyclic) bond motifs is 5. The molecule has 0 unspecified atom stereocenters. The van der Waals surface area contributed by atoms with Gasteiger partial charge in [-0.1, -0.05) is 55.5 Å². The van der Waals surface area contributed by atoms with Crippen LogP contribution in [-0.2, 0) is 96.5 Å². The molecule has 24 heteroatoms. The fourth-order valence-corrected chi connectivity index (χ4v) is 12.5. The minimum atomic E-state index is -1.95. The third kappa shape index (κ3) is 17.0. The Balaban J connectivity index is 0.578. The van der Waals surface area contributed by atoms with Gasteiger partial charge in [0.05, 0.1) is 69.7 Å². The number of aromatic nitrogens is 9. The summed E-state index contributed by atoms with van der Waals surface area (Å²) < 4.78 is 20.5. The third-order valence-electron chi connectivity index (χ3n) is 17.4. The van der Waals surface area contributed by atoms with Crippen molar-refractivity contribution in [3.8, 4) is 22.9 Å². The minimum Gasteiger partial charge on any atom is -0.494 e. The molecule has 0 saturated heterocycles. The number of carbonyl (C=O) groups is 5. The molecular weight excluding hydrogens is 1260 g/mol. The second-order valence-corrected chi connectivity index (χ2v) is 24.5. The largest absolute Gasteiger partial charge is 0.494 e. The van der Waals surface area contributed by atoms with Crippen LogP contribution < -0.4 is 31.0 Å². The molecule has 10 aromatic rings. The summed E-state index contributed by atoms with van der Waals surface area (Å²) in [5.74, 6) is -1.45. The van der Waals surface area contributed by atoms with Crippen LogP contribution in [0.1, 0.15) is 122 Å². The lowest BCUT2D eigenvalue weighted by molar-refractivity contribution is -0.172. The Morgan fingerprint density at radius 1 is 0.636 bits per heavy atom. The zero-order valence-electron chi connectivity index (χ0n) is 55.1. The molecule has 3 amide bonds. The van der Waals surface area contributed by atoms with Crippen LogP contribution in [0.2, 0.25) is 0 Å². The highest BCUT2D eigenvalue weighted by atomic mass is 16.6. The van der Waals surface area contributed by atoms with E-state index in [1.54, 1.807) is 54.1 Å². The van der Waals surface area contributed by atoms with Crippen LogP contribution in [0.15, 0.2) is 175 Å². The van der Waals surface area contributed by atoms with Crippen LogP contribution in [0.25, 0.3) is 22.3 Å². The number of aliphatic hydroxyl groups is 1. The maximum atomic E-state index is 13.8. The van der Waals surface area contributed by atoms with Crippen molar-refractivity contribution in [3.05, 3.63) is 254 Å². The molecule has 4 N–H and O–H groups in total. The summed E-state index contributed by atoms with van der Waals surface area (Å²) in [6.45, 7) is 8.33. The van der Waals surface area contributed by atoms with Gasteiger partial charge in [-0.15, -0.1) is 5.10 Å². The number of nitrogens with zero attached hydrogens (tertiary/aromatic N) is 11. The molecule has 0 spiro atoms. The predicted octanol–water partition coefficient (Wildman–Crippen LogP) is 7.89. The van der Waals surface area contributed by atoms with Crippen molar-refractivity contribution in [2.45, 2.75) is 117 Å². The van der Waals surface area contributed by atoms with E-state index in [2.05, 4.69) is 74.2 Å². The SMILES string of the molecule is CCc1c2c(nc3ccc(OC(=O)c4cccc(C(=O)NCCNC(=O)Cn5cc(CCC(=O)NCCCCOc6cc(CN(Cc7ccccn7)Cc7ccccn7)cc(CN(Cc7ccccn7)Cc7ccccn7)c6)nn5)c4)cc13)-c1cc3c(c(=O)n1C2)COC(=O)[C@@]3(O)CC. The number of rotatable bonds is 31. The van der Waals surface area contributed by atoms with Gasteiger partial charge in [0.2, 0.25) is 11.8 Å². The Morgan fingerprint density at radius 2 is 1.26 bits per heavy atom. The number of carbonyl (C=O) groups excluding carboxylic acids is 5. The average molecular weight is 1330 g/mol. The lowest BCUT2D eigenvalue weighted by atomic mass is 9.86. The van der Waals surface area contributed by atoms with Gasteiger partial charge in [-0.05, 0) is 146 Å². The number of nitrogens with one attached hydrogen (secondary N) is 3. The van der Waals surface area contributed by atoms with Crippen LogP contribution >= 0.6 is 0 Å². The molecular formula is C75H76N14O10. The summed E-state index contributed by atoms with van der Waals surface area (Å²) in [5, 5.41) is 28.8. The quantitative estimate of drug-likeness (QED) is 0.0182. The summed E-state index contributed by atoms with van der Waals surface area (Å²) in [7, 11) is 0. The molecule has 2 aliphatic rings. The summed E-state index contributed by atoms with van der Waals surface area (Å²) in [6.07, 6.45) is 11.4. The van der Waals surface area contributed by atoms with Crippen LogP contribution in [0.5, 0.6) is 11.5 Å². The number of cyclic esters (lactones) is 1. The van der Waals surface area contributed by atoms with E-state index in [4.69, 9.17) is 19.2 Å². The van der Waals surface area contributed by atoms with E-state index < -0.39 is 23.4 Å². The van der Waals surface area contributed by atoms with Crippen LogP contribution in [0.4, 0.5) is 0 Å². The molecule has 1 atom stereocenters. The average Bonchev–Trinajstić information content (AvgIpc) is 1.62. The Hall–Kier alpha value is -11.2. The minimum absolute atomic E-state index is 0.0300. The molecule has 99 heavy (non-hydrogen) atoms. The van der Waals surface area contributed by atoms with Crippen molar-refractivity contribution in [1.29, 1.82) is 0 Å². The van der Waals surface area contributed by atoms with Gasteiger partial charge in [0.15, 0.2) is 5.60 Å². The number of esters is 2. The first-order valence-electron chi connectivity index (χ1n) is 33.2. The third-order valence-corrected chi connectivity index (χ3v) is 17.4. The Bertz CT molecular complexity index is 4410. The number of amides is 3. The molecule has 3 aromatic carbocycles. The normalized spacial score (nSPS) is 13.7. The first kappa shape index (κ1) is 67.8. The summed E-state index contributed by atoms with van der Waals surface area (Å²) in [6, 6.07) is 43.1. The fourth-order valence-electron chi connectivity index (χ4n) is 12.5. The lowest BCUT2D eigenvalue weighted by Crippen LogP contribution is -2.44. The van der Waals surface area contributed by atoms with Gasteiger partial charge >= 0.3 is 11.9 Å². The van der Waals surface area contributed by atoms with E-state index in [0.717, 1.165) is 56.2 Å². The Labute approximate surface area is 571 Å². The molecule has 12 rings (SSSR count). The zero-order valence-corrected chi connectivity index (χ0v) is 55.1. The van der Waals surface area contributed by atoms with Gasteiger partial charge < -0.3 is 39.8 Å². The zero-order chi connectivity index (χ0) is 68.7. The van der Waals surface area contributed by atoms with Gasteiger partial charge in [-0.25, -0.2) is 19.3 Å². The predicted molar refractivity (Wildman–Crippen MR) is 366 cm³/mol. The van der Waals surface area contributed by atoms with E-state index in [1.807, 2.05) is 105 Å². The molecule has 24 nitrogen and oxygen atoms in total. The molecule has 0 radical (unpaired) electrons. The number of pyridine rings is 6. The monoisotopic (exact) mass is 1330 g/mol. The maximum Gasteiger partial charge on any atom is 0.343 e. The van der Waals surface area contributed by atoms with Crippen molar-refractivity contribution in [2.24, 2.45) is 0 Å². The van der Waals surface area contributed by atoms with Gasteiger partial charge in [0.1, 0.15) is 24.7 Å². The molecule has 0 saturated carbocycles. The summed E-state index contributed by atoms with van der Waals surface area (Å²) in [4.78, 5) is 107. The van der Waals surface area contributed by atoms with E-state index in [0.29, 0.717) is 101 Å². The van der Waals surface area contributed by atoms with Crippen molar-refractivity contribution >= 4 is 40.6 Å². The van der Waals surface area contributed by atoms with Crippen LogP contribution in [-0.4, -0.2) is 115 Å². The van der Waals surface area contributed by atoms with E-state index in [-0.39, 0.29) is 91.0 Å². The van der Waals surface area contributed by atoms with Crippen molar-refractivity contribution < 1.29 is 43.3 Å². The molecule has 0 fully saturated rings. The number of unbranched alkanes of at least 4 members (excludes halogenated alkanes) is 1. The topological polar surface area (TPSA) is 293 Å². The number of benzene rings is 3. The molecule has 506 valence electrons. The van der Waals surface area contributed by atoms with Gasteiger partial charge in [-0.3, -0.25) is 48.9 Å². The standard InChI is InChI=1S/C75H76N14O10/c1-3-61-62-38-59(23-24-66(62)83-70-63(61)47-89-67(70)39-65-64(72(89)93)49-98-74(95)75(65,96)4-2)99-73(94)53-17-15-16-52(37-53)71(92)82-32-31-81-69(91)48-88-46-58(84-85-88)22-25-68(90)80-30-13-14-33-97-60-35-50(40-86(42-54-18-5-9-26-76-54)43-55-19-6-10-27-77-55)34-51(36-60)41-87(44-56-20-7-11-28-78-56)45-57-21-8-12-29-79-57/h5-12,15-21,23-24,26-29,34-39,46,96H,3-4,13-14,22,25,30-33,40-45,47-49H2,1-2H3,(H,80,90)(H,81,91)(H,82,92)/t75-/m1/s1. The molecule has 2 aliphatic heterocycles. The fraction of sp³-hybridized carbons (Fsp3) is 0.293. The van der Waals surface area contributed by atoms with Crippen LogP contribution in [0.3, 0.4) is 0 Å². The van der Waals surface area contributed by atoms with Gasteiger partial charge in [0.25, 0.3) is 11.5 Å². The lowest BCUT2D eigenvalue weighted by Gasteiger charge is -2.31. The van der Waals surface area contributed by atoms with E-state index >= 15 is 0 Å². The van der Waals surface area contributed by atoms with Crippen molar-refractivity contribution in [1.82, 2.24) is 70.2 Å². The van der Waals surface area contributed by atoms with E-state index in [9.17, 15) is 33.9 Å². The highest BCUT2D eigenvalue weighted by molar-refractivity contribution is 5.99. The van der Waals surface area contributed by atoms with Crippen LogP contribution in [0, 0.1) is 0 Å². The maximum absolute atomic E-state index is 13.8. The molecule has 0 bridgehead atoms. The number of aryl methyl sites for hydroxylation is 2. The van der Waals surface area contributed by atoms with Crippen molar-refractivity contribution in [3.63, 3.8) is 0 Å². The highest BCUT2D eigenvalue weighted by Gasteiger charge is 2.45. The summed E-state index contributed by atoms with van der Waals surface area (Å²) in [5.41, 5.74) is 8.42. The number of ether oxygens (including phenoxy) is 3. The molecule has 0 aliphatic carbocycles. The number of hydrogen-bond donors (Lipinski definition) is 4. The Kier molecular flexibility index (Phi) is 21.7. The first-order chi connectivity index (χ1) is 48.2. The highest BCUT2D eigenvalue weighted by Crippen LogP contribution is 2.41. The smallest absolute Gasteiger partial charge is 0.343 e. The first-order valence-corrected chi connectivity index (χ1v) is 33.2. The Morgan fingerprint density at radius 3 is 1.88 bits per heavy atom. The number of hydrogen-bond acceptors (Lipinski definition) is 19. The molecule has 7 aromatic heterocycles. The summed E-state index contributed by atoms with van der Waals surface area (Å²) >= 11 is 0. The van der Waals surface area contributed by atoms with Gasteiger partial charge in [-0.2, -0.15) is 0 Å². The second-order valence-electron chi connectivity index (χ2n) is 24.5.